The SMILES string of the molecule is C=C1CC(=O)N[C@@H](C)C(=O)N(C)[C@@H](C(C)C)C(=O)NCC(=O)O[C@@H](c2cn[nH]n2)[C@@H]1C. The molecule has 3 amide bonds. The number of hydrogen-bond donors (Lipinski definition) is 3. The van der Waals surface area contributed by atoms with Crippen LogP contribution in [0.5, 0.6) is 0 Å². The van der Waals surface area contributed by atoms with Crippen LogP contribution in [0.25, 0.3) is 0 Å². The topological polar surface area (TPSA) is 146 Å². The predicted molar refractivity (Wildman–Crippen MR) is 110 cm³/mol. The summed E-state index contributed by atoms with van der Waals surface area (Å²) < 4.78 is 5.55. The number of ether oxygens (including phenoxy) is 1. The van der Waals surface area contributed by atoms with Crippen molar-refractivity contribution in [1.82, 2.24) is 30.9 Å². The first kappa shape index (κ1) is 24.0. The first-order valence-electron chi connectivity index (χ1n) is 10.1. The van der Waals surface area contributed by atoms with Crippen molar-refractivity contribution in [3.63, 3.8) is 0 Å². The number of hydrogen-bond acceptors (Lipinski definition) is 7. The molecule has 0 aliphatic carbocycles. The van der Waals surface area contributed by atoms with Crippen molar-refractivity contribution >= 4 is 23.7 Å². The summed E-state index contributed by atoms with van der Waals surface area (Å²) in [6.07, 6.45) is 0.495. The Labute approximate surface area is 181 Å². The van der Waals surface area contributed by atoms with Gasteiger partial charge < -0.3 is 20.3 Å². The molecular weight excluding hydrogens is 404 g/mol. The van der Waals surface area contributed by atoms with Crippen molar-refractivity contribution in [2.24, 2.45) is 11.8 Å². The van der Waals surface area contributed by atoms with E-state index in [2.05, 4.69) is 32.6 Å². The minimum Gasteiger partial charge on any atom is -0.454 e. The summed E-state index contributed by atoms with van der Waals surface area (Å²) in [5.74, 6) is -2.71. The minimum absolute atomic E-state index is 0.0702. The van der Waals surface area contributed by atoms with E-state index in [-0.39, 0.29) is 18.9 Å². The maximum absolute atomic E-state index is 12.8. The van der Waals surface area contributed by atoms with Crippen molar-refractivity contribution < 1.29 is 23.9 Å². The molecule has 0 bridgehead atoms. The van der Waals surface area contributed by atoms with Crippen LogP contribution in [-0.2, 0) is 23.9 Å². The van der Waals surface area contributed by atoms with Gasteiger partial charge in [0.1, 0.15) is 24.3 Å². The molecule has 2 rings (SSSR count). The number of nitrogens with zero attached hydrogens (tertiary/aromatic N) is 3. The van der Waals surface area contributed by atoms with E-state index in [0.717, 1.165) is 0 Å². The fourth-order valence-electron chi connectivity index (χ4n) is 3.52. The zero-order valence-corrected chi connectivity index (χ0v) is 18.5. The molecule has 31 heavy (non-hydrogen) atoms. The van der Waals surface area contributed by atoms with Gasteiger partial charge >= 0.3 is 5.97 Å². The van der Waals surface area contributed by atoms with Gasteiger partial charge in [-0.15, -0.1) is 0 Å². The van der Waals surface area contributed by atoms with Gasteiger partial charge in [0, 0.05) is 19.4 Å². The van der Waals surface area contributed by atoms with Gasteiger partial charge in [-0.25, -0.2) is 0 Å². The van der Waals surface area contributed by atoms with Crippen molar-refractivity contribution in [2.75, 3.05) is 13.6 Å². The number of carbonyl (C=O) groups is 4. The second-order valence-electron chi connectivity index (χ2n) is 8.07. The average Bonchev–Trinajstić information content (AvgIpc) is 3.22. The third-order valence-corrected chi connectivity index (χ3v) is 5.29. The zero-order chi connectivity index (χ0) is 23.3. The van der Waals surface area contributed by atoms with Gasteiger partial charge in [-0.2, -0.15) is 15.4 Å². The lowest BCUT2D eigenvalue weighted by Crippen LogP contribution is -2.55. The van der Waals surface area contributed by atoms with E-state index in [1.54, 1.807) is 27.7 Å². The molecule has 0 aromatic carbocycles. The summed E-state index contributed by atoms with van der Waals surface area (Å²) >= 11 is 0. The normalized spacial score (nSPS) is 27.3. The van der Waals surface area contributed by atoms with Crippen LogP contribution in [-0.4, -0.2) is 69.7 Å². The fourth-order valence-corrected chi connectivity index (χ4v) is 3.52. The van der Waals surface area contributed by atoms with Crippen LogP contribution in [0.2, 0.25) is 0 Å². The first-order chi connectivity index (χ1) is 14.5. The molecule has 1 aromatic rings. The molecule has 3 N–H and O–H groups in total. The Morgan fingerprint density at radius 2 is 1.90 bits per heavy atom. The number of likely N-dealkylation sites (N-methyl/N-ethyl adjacent to an activating group) is 1. The Hall–Kier alpha value is -3.24. The lowest BCUT2D eigenvalue weighted by Gasteiger charge is -2.32. The number of esters is 1. The maximum Gasteiger partial charge on any atom is 0.326 e. The minimum atomic E-state index is -0.851. The summed E-state index contributed by atoms with van der Waals surface area (Å²) in [4.78, 5) is 51.8. The Morgan fingerprint density at radius 1 is 1.23 bits per heavy atom. The van der Waals surface area contributed by atoms with Crippen molar-refractivity contribution in [3.8, 4) is 0 Å². The molecular formula is C20H30N6O5. The zero-order valence-electron chi connectivity index (χ0n) is 18.5. The number of nitrogens with one attached hydrogen (secondary N) is 3. The van der Waals surface area contributed by atoms with Crippen LogP contribution in [0.4, 0.5) is 0 Å². The van der Waals surface area contributed by atoms with E-state index in [0.29, 0.717) is 11.3 Å². The molecule has 0 unspecified atom stereocenters. The molecule has 4 atom stereocenters. The van der Waals surface area contributed by atoms with E-state index in [1.807, 2.05) is 0 Å². The highest BCUT2D eigenvalue weighted by molar-refractivity contribution is 5.93. The van der Waals surface area contributed by atoms with Gasteiger partial charge in [0.05, 0.1) is 6.20 Å². The summed E-state index contributed by atoms with van der Waals surface area (Å²) in [6.45, 7) is 10.4. The van der Waals surface area contributed by atoms with Crippen molar-refractivity contribution in [2.45, 2.75) is 52.3 Å². The number of aromatic nitrogens is 3. The van der Waals surface area contributed by atoms with Crippen LogP contribution < -0.4 is 10.6 Å². The number of cyclic esters (lactones) is 1. The lowest BCUT2D eigenvalue weighted by molar-refractivity contribution is -0.152. The standard InChI is InChI=1S/C20H30N6O5/c1-10(2)17-19(29)21-9-16(28)31-18(14-8-22-25-24-14)12(4)11(3)7-15(27)23-13(5)20(30)26(17)6/h8,10,12-13,17-18H,3,7,9H2,1-2,4-6H3,(H,21,29)(H,23,27)(H,22,24,25)/t12-,13+,17+,18-/m1/s1. The molecule has 1 fully saturated rings. The van der Waals surface area contributed by atoms with E-state index < -0.39 is 47.8 Å². The highest BCUT2D eigenvalue weighted by Gasteiger charge is 2.34. The predicted octanol–water partition coefficient (Wildman–Crippen LogP) is 0.0889. The van der Waals surface area contributed by atoms with Crippen LogP contribution in [0.15, 0.2) is 18.3 Å². The highest BCUT2D eigenvalue weighted by Crippen LogP contribution is 2.30. The van der Waals surface area contributed by atoms with E-state index in [1.165, 1.54) is 18.1 Å². The Bertz CT molecular complexity index is 837. The summed E-state index contributed by atoms with van der Waals surface area (Å²) in [5.41, 5.74) is 0.853. The average molecular weight is 434 g/mol. The third-order valence-electron chi connectivity index (χ3n) is 5.29. The maximum atomic E-state index is 12.8. The van der Waals surface area contributed by atoms with Crippen LogP contribution in [0.1, 0.15) is 45.9 Å². The van der Waals surface area contributed by atoms with Gasteiger partial charge in [-0.05, 0) is 12.8 Å². The quantitative estimate of drug-likeness (QED) is 0.441. The Balaban J connectivity index is 2.36. The second-order valence-corrected chi connectivity index (χ2v) is 8.07. The summed E-state index contributed by atoms with van der Waals surface area (Å²) in [5, 5.41) is 15.4. The second kappa shape index (κ2) is 10.2. The monoisotopic (exact) mass is 434 g/mol. The van der Waals surface area contributed by atoms with Crippen LogP contribution >= 0.6 is 0 Å². The van der Waals surface area contributed by atoms with Gasteiger partial charge in [-0.1, -0.05) is 32.9 Å². The van der Waals surface area contributed by atoms with Gasteiger partial charge in [0.15, 0.2) is 6.10 Å². The Morgan fingerprint density at radius 3 is 2.48 bits per heavy atom. The fraction of sp³-hybridized carbons (Fsp3) is 0.600. The number of rotatable bonds is 2. The molecule has 0 saturated carbocycles. The van der Waals surface area contributed by atoms with Crippen LogP contribution in [0, 0.1) is 11.8 Å². The van der Waals surface area contributed by atoms with Gasteiger partial charge in [0.25, 0.3) is 0 Å². The van der Waals surface area contributed by atoms with Crippen LogP contribution in [0.3, 0.4) is 0 Å². The number of carbonyl (C=O) groups excluding carboxylic acids is 4. The van der Waals surface area contributed by atoms with Crippen molar-refractivity contribution in [1.29, 1.82) is 0 Å². The van der Waals surface area contributed by atoms with E-state index in [9.17, 15) is 19.2 Å². The molecule has 1 saturated heterocycles. The smallest absolute Gasteiger partial charge is 0.326 e. The largest absolute Gasteiger partial charge is 0.454 e. The Kier molecular flexibility index (Phi) is 7.89. The van der Waals surface area contributed by atoms with Gasteiger partial charge in [0.2, 0.25) is 17.7 Å². The van der Waals surface area contributed by atoms with Gasteiger partial charge in [-0.3, -0.25) is 19.2 Å². The van der Waals surface area contributed by atoms with E-state index in [4.69, 9.17) is 4.74 Å². The van der Waals surface area contributed by atoms with Crippen molar-refractivity contribution in [3.05, 3.63) is 24.0 Å². The number of aromatic amines is 1. The molecule has 0 spiro atoms. The summed E-state index contributed by atoms with van der Waals surface area (Å²) in [6, 6.07) is -1.67. The summed E-state index contributed by atoms with van der Waals surface area (Å²) in [7, 11) is 1.49. The molecule has 11 heteroatoms. The molecule has 2 heterocycles. The first-order valence-corrected chi connectivity index (χ1v) is 10.1. The molecule has 170 valence electrons. The highest BCUT2D eigenvalue weighted by atomic mass is 16.5. The molecule has 1 aromatic heterocycles. The number of H-pyrrole nitrogens is 1. The lowest BCUT2D eigenvalue weighted by atomic mass is 9.92. The molecule has 1 aliphatic heterocycles. The number of amides is 3. The molecule has 11 nitrogen and oxygen atoms in total. The van der Waals surface area contributed by atoms with E-state index >= 15 is 0 Å². The third kappa shape index (κ3) is 5.89. The molecule has 0 radical (unpaired) electrons. The molecule has 1 aliphatic rings.